The number of carbonyl (C=O) groups is 2. The lowest BCUT2D eigenvalue weighted by atomic mass is 9.86. The molecule has 2 N–H and O–H groups in total. The molecule has 0 amide bonds. The van der Waals surface area contributed by atoms with E-state index in [9.17, 15) is 9.59 Å². The van der Waals surface area contributed by atoms with Gasteiger partial charge in [-0.15, -0.1) is 0 Å². The van der Waals surface area contributed by atoms with Gasteiger partial charge in [0.1, 0.15) is 6.29 Å². The minimum absolute atomic E-state index is 0.0542. The Hall–Kier alpha value is -1.68. The van der Waals surface area contributed by atoms with Crippen LogP contribution in [0, 0.1) is 11.8 Å². The van der Waals surface area contributed by atoms with E-state index >= 15 is 0 Å². The average molecular weight is 291 g/mol. The number of rotatable bonds is 10. The molecule has 1 rings (SSSR count). The van der Waals surface area contributed by atoms with E-state index in [1.54, 1.807) is 0 Å². The summed E-state index contributed by atoms with van der Waals surface area (Å²) in [6.07, 6.45) is 2.60. The van der Waals surface area contributed by atoms with E-state index in [1.165, 1.54) is 0 Å². The van der Waals surface area contributed by atoms with Crippen LogP contribution in [0.15, 0.2) is 30.3 Å². The Balaban J connectivity index is 2.59. The zero-order valence-electron chi connectivity index (χ0n) is 12.8. The summed E-state index contributed by atoms with van der Waals surface area (Å²) in [5.41, 5.74) is 1.16. The van der Waals surface area contributed by atoms with Crippen molar-refractivity contribution in [3.63, 3.8) is 0 Å². The van der Waals surface area contributed by atoms with Crippen LogP contribution in [0.5, 0.6) is 0 Å². The van der Waals surface area contributed by atoms with Gasteiger partial charge in [0, 0.05) is 24.9 Å². The maximum atomic E-state index is 11.3. The molecule has 0 aromatic heterocycles. The van der Waals surface area contributed by atoms with Gasteiger partial charge in [0.25, 0.3) is 0 Å². The fraction of sp³-hybridized carbons (Fsp3) is 0.529. The van der Waals surface area contributed by atoms with E-state index in [0.29, 0.717) is 6.54 Å². The largest absolute Gasteiger partial charge is 0.481 e. The smallest absolute Gasteiger partial charge is 0.303 e. The minimum atomic E-state index is -0.837. The van der Waals surface area contributed by atoms with E-state index in [2.05, 4.69) is 5.32 Å². The van der Waals surface area contributed by atoms with Crippen LogP contribution in [0.25, 0.3) is 0 Å². The zero-order chi connectivity index (χ0) is 15.7. The Morgan fingerprint density at radius 2 is 2.00 bits per heavy atom. The van der Waals surface area contributed by atoms with E-state index in [0.717, 1.165) is 24.7 Å². The van der Waals surface area contributed by atoms with Gasteiger partial charge in [-0.1, -0.05) is 43.7 Å². The number of carbonyl (C=O) groups excluding carboxylic acids is 1. The van der Waals surface area contributed by atoms with Crippen molar-refractivity contribution in [2.24, 2.45) is 11.8 Å². The van der Waals surface area contributed by atoms with Crippen LogP contribution in [0.2, 0.25) is 0 Å². The summed E-state index contributed by atoms with van der Waals surface area (Å²) in [5.74, 6) is -1.19. The molecule has 21 heavy (non-hydrogen) atoms. The number of nitrogens with one attached hydrogen (secondary N) is 1. The van der Waals surface area contributed by atoms with Crippen LogP contribution in [0.4, 0.5) is 0 Å². The molecule has 116 valence electrons. The molecule has 1 unspecified atom stereocenters. The number of carboxylic acids is 1. The van der Waals surface area contributed by atoms with Gasteiger partial charge < -0.3 is 15.2 Å². The maximum Gasteiger partial charge on any atom is 0.303 e. The van der Waals surface area contributed by atoms with Gasteiger partial charge in [-0.05, 0) is 24.8 Å². The van der Waals surface area contributed by atoms with Gasteiger partial charge in [-0.2, -0.15) is 0 Å². The standard InChI is InChI=1S/C17H25NO3/c1-3-7-15(10-17(20)21)16(12-19)11-18-13(2)14-8-5-4-6-9-14/h4-6,8-9,12-13,15-16,18H,3,7,10-11H2,1-2H3,(H,20,21)/t13-,15-,16?/m1/s1. The van der Waals surface area contributed by atoms with Crippen molar-refractivity contribution in [1.82, 2.24) is 5.32 Å². The molecule has 0 aliphatic rings. The van der Waals surface area contributed by atoms with Crippen LogP contribution in [0.3, 0.4) is 0 Å². The second-order valence-corrected chi connectivity index (χ2v) is 5.49. The third-order valence-corrected chi connectivity index (χ3v) is 3.84. The first-order valence-corrected chi connectivity index (χ1v) is 7.53. The lowest BCUT2D eigenvalue weighted by molar-refractivity contribution is -0.138. The van der Waals surface area contributed by atoms with Crippen molar-refractivity contribution in [2.75, 3.05) is 6.54 Å². The third kappa shape index (κ3) is 6.08. The van der Waals surface area contributed by atoms with Gasteiger partial charge in [0.05, 0.1) is 0 Å². The molecule has 4 heteroatoms. The van der Waals surface area contributed by atoms with Crippen molar-refractivity contribution in [3.8, 4) is 0 Å². The quantitative estimate of drug-likeness (QED) is 0.650. The predicted octanol–water partition coefficient (Wildman–Crippen LogP) is 3.04. The molecular formula is C17H25NO3. The Morgan fingerprint density at radius 3 is 2.52 bits per heavy atom. The molecular weight excluding hydrogens is 266 g/mol. The molecule has 0 spiro atoms. The van der Waals surface area contributed by atoms with E-state index < -0.39 is 5.97 Å². The summed E-state index contributed by atoms with van der Waals surface area (Å²) >= 11 is 0. The number of hydrogen-bond acceptors (Lipinski definition) is 3. The molecule has 4 nitrogen and oxygen atoms in total. The fourth-order valence-corrected chi connectivity index (χ4v) is 2.56. The Bertz CT molecular complexity index is 433. The van der Waals surface area contributed by atoms with Gasteiger partial charge in [-0.25, -0.2) is 0 Å². The molecule has 0 radical (unpaired) electrons. The molecule has 0 fully saturated rings. The zero-order valence-corrected chi connectivity index (χ0v) is 12.8. The van der Waals surface area contributed by atoms with E-state index in [4.69, 9.17) is 5.11 Å². The summed E-state index contributed by atoms with van der Waals surface area (Å²) < 4.78 is 0. The minimum Gasteiger partial charge on any atom is -0.481 e. The van der Waals surface area contributed by atoms with Crippen LogP contribution < -0.4 is 5.32 Å². The molecule has 0 bridgehead atoms. The molecule has 0 saturated heterocycles. The summed E-state index contributed by atoms with van der Waals surface area (Å²) in [5, 5.41) is 12.3. The molecule has 0 aliphatic heterocycles. The molecule has 1 aromatic carbocycles. The highest BCUT2D eigenvalue weighted by Gasteiger charge is 2.23. The van der Waals surface area contributed by atoms with Crippen molar-refractivity contribution in [1.29, 1.82) is 0 Å². The highest BCUT2D eigenvalue weighted by Crippen LogP contribution is 2.21. The molecule has 1 aromatic rings. The van der Waals surface area contributed by atoms with Crippen LogP contribution in [-0.4, -0.2) is 23.9 Å². The highest BCUT2D eigenvalue weighted by atomic mass is 16.4. The first-order chi connectivity index (χ1) is 10.1. The van der Waals surface area contributed by atoms with Crippen LogP contribution in [-0.2, 0) is 9.59 Å². The lowest BCUT2D eigenvalue weighted by Crippen LogP contribution is -2.32. The summed E-state index contributed by atoms with van der Waals surface area (Å²) in [6.45, 7) is 4.57. The Morgan fingerprint density at radius 1 is 1.33 bits per heavy atom. The summed E-state index contributed by atoms with van der Waals surface area (Å²) in [6, 6.07) is 10.1. The number of carboxylic acid groups (broad SMARTS) is 1. The topological polar surface area (TPSA) is 66.4 Å². The third-order valence-electron chi connectivity index (χ3n) is 3.84. The van der Waals surface area contributed by atoms with E-state index in [1.807, 2.05) is 44.2 Å². The van der Waals surface area contributed by atoms with Gasteiger partial charge in [-0.3, -0.25) is 4.79 Å². The number of aliphatic carboxylic acids is 1. The Labute approximate surface area is 126 Å². The predicted molar refractivity (Wildman–Crippen MR) is 83.1 cm³/mol. The second kappa shape index (κ2) is 9.29. The number of hydrogen-bond donors (Lipinski definition) is 2. The van der Waals surface area contributed by atoms with Gasteiger partial charge >= 0.3 is 5.97 Å². The normalized spacial score (nSPS) is 15.1. The van der Waals surface area contributed by atoms with Crippen molar-refractivity contribution < 1.29 is 14.7 Å². The van der Waals surface area contributed by atoms with Gasteiger partial charge in [0.15, 0.2) is 0 Å². The molecule has 3 atom stereocenters. The highest BCUT2D eigenvalue weighted by molar-refractivity contribution is 5.68. The first kappa shape index (κ1) is 17.4. The van der Waals surface area contributed by atoms with Crippen molar-refractivity contribution in [3.05, 3.63) is 35.9 Å². The van der Waals surface area contributed by atoms with Crippen molar-refractivity contribution >= 4 is 12.3 Å². The number of aldehydes is 1. The van der Waals surface area contributed by atoms with Crippen molar-refractivity contribution in [2.45, 2.75) is 39.2 Å². The molecule has 0 saturated carbocycles. The monoisotopic (exact) mass is 291 g/mol. The maximum absolute atomic E-state index is 11.3. The van der Waals surface area contributed by atoms with Crippen LogP contribution >= 0.6 is 0 Å². The first-order valence-electron chi connectivity index (χ1n) is 7.53. The molecule has 0 aliphatic carbocycles. The average Bonchev–Trinajstić information content (AvgIpc) is 2.48. The van der Waals surface area contributed by atoms with Crippen LogP contribution in [0.1, 0.15) is 44.7 Å². The summed E-state index contributed by atoms with van der Waals surface area (Å²) in [7, 11) is 0. The molecule has 0 heterocycles. The van der Waals surface area contributed by atoms with E-state index in [-0.39, 0.29) is 24.3 Å². The van der Waals surface area contributed by atoms with Gasteiger partial charge in [0.2, 0.25) is 0 Å². The SMILES string of the molecule is CCC[C@H](CC(=O)O)C(C=O)CN[C@H](C)c1ccccc1. The lowest BCUT2D eigenvalue weighted by Gasteiger charge is -2.23. The Kier molecular flexibility index (Phi) is 7.69. The second-order valence-electron chi connectivity index (χ2n) is 5.49. The number of benzene rings is 1. The summed E-state index contributed by atoms with van der Waals surface area (Å²) in [4.78, 5) is 22.2. The fourth-order valence-electron chi connectivity index (χ4n) is 2.56.